The molecule has 4 rings (SSSR count). The SMILES string of the molecule is COc1ccc(OCC(=O)N2CCc3cc(-c4csc(C)n4)ccc32)c([N+](=O)[O-])c1. The van der Waals surface area contributed by atoms with Gasteiger partial charge in [0.25, 0.3) is 5.91 Å². The van der Waals surface area contributed by atoms with Crippen molar-refractivity contribution in [2.45, 2.75) is 13.3 Å². The fourth-order valence-electron chi connectivity index (χ4n) is 3.42. The number of rotatable bonds is 6. The van der Waals surface area contributed by atoms with Crippen LogP contribution in [0.2, 0.25) is 0 Å². The van der Waals surface area contributed by atoms with Crippen LogP contribution in [0.25, 0.3) is 11.3 Å². The number of nitro benzene ring substituents is 1. The number of carbonyl (C=O) groups excluding carboxylic acids is 1. The molecule has 1 aliphatic heterocycles. The Labute approximate surface area is 176 Å². The van der Waals surface area contributed by atoms with E-state index in [1.165, 1.54) is 19.2 Å². The summed E-state index contributed by atoms with van der Waals surface area (Å²) in [6, 6.07) is 10.2. The second-order valence-electron chi connectivity index (χ2n) is 6.77. The highest BCUT2D eigenvalue weighted by molar-refractivity contribution is 7.09. The third-order valence-electron chi connectivity index (χ3n) is 4.90. The second-order valence-corrected chi connectivity index (χ2v) is 7.83. The summed E-state index contributed by atoms with van der Waals surface area (Å²) in [6.45, 7) is 2.22. The lowest BCUT2D eigenvalue weighted by atomic mass is 10.1. The van der Waals surface area contributed by atoms with Crippen molar-refractivity contribution in [2.75, 3.05) is 25.2 Å². The molecule has 2 heterocycles. The Hall–Kier alpha value is -3.46. The van der Waals surface area contributed by atoms with Crippen LogP contribution in [-0.4, -0.2) is 36.1 Å². The standard InChI is InChI=1S/C21H19N3O5S/c1-13-22-17(12-30-13)14-3-5-18-15(9-14)7-8-23(18)21(25)11-29-20-6-4-16(28-2)10-19(20)24(26)27/h3-6,9-10,12H,7-8,11H2,1-2H3. The number of benzene rings is 2. The molecule has 0 saturated carbocycles. The van der Waals surface area contributed by atoms with Gasteiger partial charge >= 0.3 is 5.69 Å². The van der Waals surface area contributed by atoms with Crippen molar-refractivity contribution in [3.8, 4) is 22.8 Å². The highest BCUT2D eigenvalue weighted by atomic mass is 32.1. The molecule has 9 heteroatoms. The lowest BCUT2D eigenvalue weighted by molar-refractivity contribution is -0.385. The summed E-state index contributed by atoms with van der Waals surface area (Å²) in [5, 5.41) is 14.3. The number of hydrogen-bond acceptors (Lipinski definition) is 7. The van der Waals surface area contributed by atoms with Gasteiger partial charge in [-0.15, -0.1) is 11.3 Å². The smallest absolute Gasteiger partial charge is 0.314 e. The van der Waals surface area contributed by atoms with Gasteiger partial charge < -0.3 is 14.4 Å². The van der Waals surface area contributed by atoms with Gasteiger partial charge in [0.05, 0.1) is 28.8 Å². The number of methoxy groups -OCH3 is 1. The molecule has 0 bridgehead atoms. The van der Waals surface area contributed by atoms with Crippen molar-refractivity contribution in [2.24, 2.45) is 0 Å². The number of carbonyl (C=O) groups is 1. The lowest BCUT2D eigenvalue weighted by Gasteiger charge is -2.18. The maximum atomic E-state index is 12.7. The minimum atomic E-state index is -0.560. The van der Waals surface area contributed by atoms with E-state index in [2.05, 4.69) is 11.1 Å². The molecule has 1 amide bonds. The van der Waals surface area contributed by atoms with Crippen LogP contribution >= 0.6 is 11.3 Å². The highest BCUT2D eigenvalue weighted by Crippen LogP contribution is 2.34. The monoisotopic (exact) mass is 425 g/mol. The number of thiazole rings is 1. The van der Waals surface area contributed by atoms with Crippen LogP contribution in [0.4, 0.5) is 11.4 Å². The van der Waals surface area contributed by atoms with E-state index in [4.69, 9.17) is 9.47 Å². The van der Waals surface area contributed by atoms with E-state index in [1.807, 2.05) is 24.4 Å². The zero-order valence-corrected chi connectivity index (χ0v) is 17.3. The Bertz CT molecular complexity index is 1130. The summed E-state index contributed by atoms with van der Waals surface area (Å²) < 4.78 is 10.5. The molecular weight excluding hydrogens is 406 g/mol. The minimum absolute atomic E-state index is 0.0304. The van der Waals surface area contributed by atoms with Crippen molar-refractivity contribution in [3.05, 3.63) is 62.5 Å². The van der Waals surface area contributed by atoms with Gasteiger partial charge in [-0.1, -0.05) is 6.07 Å². The van der Waals surface area contributed by atoms with E-state index < -0.39 is 4.92 Å². The molecule has 154 valence electrons. The summed E-state index contributed by atoms with van der Waals surface area (Å²) in [7, 11) is 1.43. The van der Waals surface area contributed by atoms with Gasteiger partial charge in [-0.3, -0.25) is 14.9 Å². The Morgan fingerprint density at radius 2 is 2.13 bits per heavy atom. The molecule has 0 unspecified atom stereocenters. The quantitative estimate of drug-likeness (QED) is 0.438. The predicted molar refractivity (Wildman–Crippen MR) is 113 cm³/mol. The average molecular weight is 425 g/mol. The van der Waals surface area contributed by atoms with Crippen LogP contribution in [0.5, 0.6) is 11.5 Å². The van der Waals surface area contributed by atoms with Crippen LogP contribution in [0.1, 0.15) is 10.6 Å². The molecule has 0 radical (unpaired) electrons. The summed E-state index contributed by atoms with van der Waals surface area (Å²) in [5.41, 5.74) is 3.62. The zero-order valence-electron chi connectivity index (χ0n) is 16.5. The van der Waals surface area contributed by atoms with Gasteiger partial charge in [0.1, 0.15) is 5.75 Å². The third-order valence-corrected chi connectivity index (χ3v) is 5.68. The number of nitrogens with zero attached hydrogens (tertiary/aromatic N) is 3. The molecule has 2 aromatic carbocycles. The van der Waals surface area contributed by atoms with Crippen LogP contribution in [0.15, 0.2) is 41.8 Å². The Balaban J connectivity index is 1.48. The Morgan fingerprint density at radius 3 is 2.83 bits per heavy atom. The molecule has 8 nitrogen and oxygen atoms in total. The first-order chi connectivity index (χ1) is 14.5. The topological polar surface area (TPSA) is 94.8 Å². The first-order valence-electron chi connectivity index (χ1n) is 9.27. The van der Waals surface area contributed by atoms with E-state index >= 15 is 0 Å². The molecular formula is C21H19N3O5S. The fourth-order valence-corrected chi connectivity index (χ4v) is 4.04. The third kappa shape index (κ3) is 3.84. The number of aromatic nitrogens is 1. The number of fused-ring (bicyclic) bond motifs is 1. The normalized spacial score (nSPS) is 12.5. The molecule has 30 heavy (non-hydrogen) atoms. The minimum Gasteiger partial charge on any atom is -0.496 e. The van der Waals surface area contributed by atoms with Crippen molar-refractivity contribution >= 4 is 28.6 Å². The van der Waals surface area contributed by atoms with E-state index in [9.17, 15) is 14.9 Å². The van der Waals surface area contributed by atoms with Gasteiger partial charge in [0.15, 0.2) is 12.4 Å². The molecule has 0 fully saturated rings. The molecule has 3 aromatic rings. The largest absolute Gasteiger partial charge is 0.496 e. The van der Waals surface area contributed by atoms with Crippen molar-refractivity contribution < 1.29 is 19.2 Å². The summed E-state index contributed by atoms with van der Waals surface area (Å²) in [5.74, 6) is 0.124. The molecule has 1 aliphatic rings. The van der Waals surface area contributed by atoms with Crippen molar-refractivity contribution in [1.82, 2.24) is 4.98 Å². The number of aryl methyl sites for hydroxylation is 1. The number of hydrogen-bond donors (Lipinski definition) is 0. The maximum absolute atomic E-state index is 12.7. The number of amides is 1. The first kappa shape index (κ1) is 19.8. The highest BCUT2D eigenvalue weighted by Gasteiger charge is 2.26. The molecule has 0 N–H and O–H groups in total. The average Bonchev–Trinajstić information content (AvgIpc) is 3.37. The molecule has 0 aliphatic carbocycles. The number of anilines is 1. The van der Waals surface area contributed by atoms with E-state index in [0.29, 0.717) is 12.3 Å². The molecule has 0 saturated heterocycles. The molecule has 0 atom stereocenters. The first-order valence-corrected chi connectivity index (χ1v) is 10.2. The van der Waals surface area contributed by atoms with E-state index in [-0.39, 0.29) is 24.0 Å². The zero-order chi connectivity index (χ0) is 21.3. The number of nitro groups is 1. The molecule has 0 spiro atoms. The molecule has 1 aromatic heterocycles. The fraction of sp³-hybridized carbons (Fsp3) is 0.238. The van der Waals surface area contributed by atoms with Crippen molar-refractivity contribution in [3.63, 3.8) is 0 Å². The van der Waals surface area contributed by atoms with Gasteiger partial charge in [-0.05, 0) is 43.2 Å². The van der Waals surface area contributed by atoms with Crippen LogP contribution in [-0.2, 0) is 11.2 Å². The van der Waals surface area contributed by atoms with E-state index in [1.54, 1.807) is 22.3 Å². The maximum Gasteiger partial charge on any atom is 0.314 e. The Morgan fingerprint density at radius 1 is 1.30 bits per heavy atom. The Kier molecular flexibility index (Phi) is 5.37. The summed E-state index contributed by atoms with van der Waals surface area (Å²) >= 11 is 1.60. The summed E-state index contributed by atoms with van der Waals surface area (Å²) in [4.78, 5) is 29.6. The van der Waals surface area contributed by atoms with Gasteiger partial charge in [-0.25, -0.2) is 4.98 Å². The van der Waals surface area contributed by atoms with Crippen LogP contribution < -0.4 is 14.4 Å². The van der Waals surface area contributed by atoms with E-state index in [0.717, 1.165) is 33.9 Å². The van der Waals surface area contributed by atoms with Crippen LogP contribution in [0.3, 0.4) is 0 Å². The summed E-state index contributed by atoms with van der Waals surface area (Å²) in [6.07, 6.45) is 0.737. The lowest BCUT2D eigenvalue weighted by Crippen LogP contribution is -2.33. The van der Waals surface area contributed by atoms with Crippen molar-refractivity contribution in [1.29, 1.82) is 0 Å². The van der Waals surface area contributed by atoms with Gasteiger partial charge in [0, 0.05) is 23.2 Å². The van der Waals surface area contributed by atoms with Gasteiger partial charge in [-0.2, -0.15) is 0 Å². The number of ether oxygens (including phenoxy) is 2. The second kappa shape index (κ2) is 8.11. The van der Waals surface area contributed by atoms with Crippen LogP contribution in [0, 0.1) is 17.0 Å². The predicted octanol–water partition coefficient (Wildman–Crippen LogP) is 4.00. The van der Waals surface area contributed by atoms with Gasteiger partial charge in [0.2, 0.25) is 0 Å².